The third-order valence-electron chi connectivity index (χ3n) is 3.93. The summed E-state index contributed by atoms with van der Waals surface area (Å²) in [6, 6.07) is 22.2. The molecule has 0 fully saturated rings. The summed E-state index contributed by atoms with van der Waals surface area (Å²) >= 11 is 11.9. The van der Waals surface area contributed by atoms with Crippen LogP contribution in [0.15, 0.2) is 72.8 Å². The molecular formula is C22H19Cl2NO3. The zero-order valence-corrected chi connectivity index (χ0v) is 16.5. The van der Waals surface area contributed by atoms with Crippen LogP contribution in [0.25, 0.3) is 0 Å². The van der Waals surface area contributed by atoms with Crippen LogP contribution in [0.3, 0.4) is 0 Å². The maximum atomic E-state index is 12.0. The minimum atomic E-state index is -0.240. The van der Waals surface area contributed by atoms with E-state index < -0.39 is 0 Å². The summed E-state index contributed by atoms with van der Waals surface area (Å²) in [6.07, 6.45) is 0. The van der Waals surface area contributed by atoms with Gasteiger partial charge in [0.25, 0.3) is 5.91 Å². The van der Waals surface area contributed by atoms with Crippen molar-refractivity contribution in [2.24, 2.45) is 0 Å². The van der Waals surface area contributed by atoms with Crippen LogP contribution < -0.4 is 14.8 Å². The third kappa shape index (κ3) is 6.19. The zero-order valence-electron chi connectivity index (χ0n) is 15.0. The van der Waals surface area contributed by atoms with E-state index in [1.807, 2.05) is 42.5 Å². The van der Waals surface area contributed by atoms with Gasteiger partial charge in [-0.15, -0.1) is 0 Å². The Kier molecular flexibility index (Phi) is 7.18. The van der Waals surface area contributed by atoms with Crippen molar-refractivity contribution in [3.05, 3.63) is 94.0 Å². The molecular weight excluding hydrogens is 397 g/mol. The van der Waals surface area contributed by atoms with Gasteiger partial charge in [-0.05, 0) is 47.5 Å². The van der Waals surface area contributed by atoms with Crippen LogP contribution >= 0.6 is 23.2 Å². The van der Waals surface area contributed by atoms with E-state index in [0.29, 0.717) is 28.9 Å². The molecule has 1 amide bonds. The fourth-order valence-corrected chi connectivity index (χ4v) is 2.91. The Balaban J connectivity index is 1.42. The topological polar surface area (TPSA) is 47.6 Å². The second-order valence-corrected chi connectivity index (χ2v) is 6.89. The van der Waals surface area contributed by atoms with E-state index in [9.17, 15) is 4.79 Å². The van der Waals surface area contributed by atoms with Crippen LogP contribution in [0, 0.1) is 0 Å². The molecule has 28 heavy (non-hydrogen) atoms. The van der Waals surface area contributed by atoms with Crippen molar-refractivity contribution in [1.82, 2.24) is 5.32 Å². The first kappa shape index (κ1) is 20.1. The molecule has 0 aliphatic rings. The lowest BCUT2D eigenvalue weighted by Gasteiger charge is -2.10. The van der Waals surface area contributed by atoms with Crippen LogP contribution in [-0.2, 0) is 17.9 Å². The van der Waals surface area contributed by atoms with Crippen molar-refractivity contribution in [2.45, 2.75) is 13.2 Å². The molecule has 1 N–H and O–H groups in total. The Labute approximate surface area is 174 Å². The minimum absolute atomic E-state index is 0.0879. The summed E-state index contributed by atoms with van der Waals surface area (Å²) in [5, 5.41) is 3.83. The largest absolute Gasteiger partial charge is 0.489 e. The zero-order chi connectivity index (χ0) is 19.8. The summed E-state index contributed by atoms with van der Waals surface area (Å²) in [5.74, 6) is 1.08. The summed E-state index contributed by atoms with van der Waals surface area (Å²) in [5.41, 5.74) is 1.89. The van der Waals surface area contributed by atoms with Crippen LogP contribution in [0.1, 0.15) is 11.1 Å². The SMILES string of the molecule is O=C(COc1ccc(OCc2ccccc2)cc1)NCc1ccc(Cl)cc1Cl. The smallest absolute Gasteiger partial charge is 0.258 e. The van der Waals surface area contributed by atoms with Gasteiger partial charge in [0.1, 0.15) is 18.1 Å². The van der Waals surface area contributed by atoms with E-state index in [-0.39, 0.29) is 12.5 Å². The number of rotatable bonds is 8. The average molecular weight is 416 g/mol. The highest BCUT2D eigenvalue weighted by atomic mass is 35.5. The number of nitrogens with one attached hydrogen (secondary N) is 1. The lowest BCUT2D eigenvalue weighted by molar-refractivity contribution is -0.123. The fourth-order valence-electron chi connectivity index (χ4n) is 2.43. The molecule has 6 heteroatoms. The summed E-state index contributed by atoms with van der Waals surface area (Å²) in [7, 11) is 0. The lowest BCUT2D eigenvalue weighted by atomic mass is 10.2. The normalized spacial score (nSPS) is 10.4. The highest BCUT2D eigenvalue weighted by Gasteiger charge is 2.06. The number of halogens is 2. The average Bonchev–Trinajstić information content (AvgIpc) is 2.71. The van der Waals surface area contributed by atoms with Crippen LogP contribution in [0.2, 0.25) is 10.0 Å². The number of carbonyl (C=O) groups is 1. The molecule has 0 spiro atoms. The Morgan fingerprint density at radius 3 is 2.21 bits per heavy atom. The summed E-state index contributed by atoms with van der Waals surface area (Å²) in [6.45, 7) is 0.719. The van der Waals surface area contributed by atoms with Crippen LogP contribution in [0.4, 0.5) is 0 Å². The maximum Gasteiger partial charge on any atom is 0.258 e. The first-order valence-electron chi connectivity index (χ1n) is 8.70. The quantitative estimate of drug-likeness (QED) is 0.545. The van der Waals surface area contributed by atoms with Crippen LogP contribution in [0.5, 0.6) is 11.5 Å². The number of carbonyl (C=O) groups excluding carboxylic acids is 1. The summed E-state index contributed by atoms with van der Waals surface area (Å²) < 4.78 is 11.2. The van der Waals surface area contributed by atoms with Gasteiger partial charge in [-0.2, -0.15) is 0 Å². The van der Waals surface area contributed by atoms with E-state index >= 15 is 0 Å². The maximum absolute atomic E-state index is 12.0. The Morgan fingerprint density at radius 1 is 0.857 bits per heavy atom. The molecule has 0 aliphatic carbocycles. The van der Waals surface area contributed by atoms with E-state index in [1.54, 1.807) is 30.3 Å². The molecule has 0 saturated carbocycles. The van der Waals surface area contributed by atoms with Crippen molar-refractivity contribution in [1.29, 1.82) is 0 Å². The molecule has 0 heterocycles. The first-order valence-corrected chi connectivity index (χ1v) is 9.46. The van der Waals surface area contributed by atoms with Crippen molar-refractivity contribution < 1.29 is 14.3 Å². The van der Waals surface area contributed by atoms with Gasteiger partial charge in [0.15, 0.2) is 6.61 Å². The standard InChI is InChI=1S/C22H19Cl2NO3/c23-18-7-6-17(21(24)12-18)13-25-22(26)15-28-20-10-8-19(9-11-20)27-14-16-4-2-1-3-5-16/h1-12H,13-15H2,(H,25,26). The Morgan fingerprint density at radius 2 is 1.54 bits per heavy atom. The van der Waals surface area contributed by atoms with E-state index in [1.165, 1.54) is 0 Å². The monoisotopic (exact) mass is 415 g/mol. The van der Waals surface area contributed by atoms with Crippen molar-refractivity contribution >= 4 is 29.1 Å². The predicted octanol–water partition coefficient (Wildman–Crippen LogP) is 5.27. The van der Waals surface area contributed by atoms with Gasteiger partial charge in [-0.3, -0.25) is 4.79 Å². The molecule has 4 nitrogen and oxygen atoms in total. The first-order chi connectivity index (χ1) is 13.6. The second kappa shape index (κ2) is 10.0. The molecule has 0 radical (unpaired) electrons. The molecule has 0 unspecified atom stereocenters. The molecule has 0 saturated heterocycles. The number of ether oxygens (including phenoxy) is 2. The van der Waals surface area contributed by atoms with Gasteiger partial charge in [-0.1, -0.05) is 59.6 Å². The summed E-state index contributed by atoms with van der Waals surface area (Å²) in [4.78, 5) is 12.0. The molecule has 3 rings (SSSR count). The van der Waals surface area contributed by atoms with Crippen molar-refractivity contribution in [2.75, 3.05) is 6.61 Å². The molecule has 0 aliphatic heterocycles. The number of amides is 1. The second-order valence-electron chi connectivity index (χ2n) is 6.05. The van der Waals surface area contributed by atoms with E-state index in [4.69, 9.17) is 32.7 Å². The predicted molar refractivity (Wildman–Crippen MR) is 111 cm³/mol. The van der Waals surface area contributed by atoms with Gasteiger partial charge in [0.05, 0.1) is 0 Å². The highest BCUT2D eigenvalue weighted by Crippen LogP contribution is 2.21. The molecule has 0 aromatic heterocycles. The molecule has 3 aromatic rings. The number of benzene rings is 3. The van der Waals surface area contributed by atoms with E-state index in [2.05, 4.69) is 5.32 Å². The third-order valence-corrected chi connectivity index (χ3v) is 4.52. The molecule has 144 valence electrons. The number of hydrogen-bond acceptors (Lipinski definition) is 3. The highest BCUT2D eigenvalue weighted by molar-refractivity contribution is 6.35. The molecule has 3 aromatic carbocycles. The van der Waals surface area contributed by atoms with E-state index in [0.717, 1.165) is 16.9 Å². The van der Waals surface area contributed by atoms with Crippen LogP contribution in [-0.4, -0.2) is 12.5 Å². The van der Waals surface area contributed by atoms with Crippen molar-refractivity contribution in [3.63, 3.8) is 0 Å². The molecule has 0 bridgehead atoms. The van der Waals surface area contributed by atoms with Gasteiger partial charge < -0.3 is 14.8 Å². The van der Waals surface area contributed by atoms with Gasteiger partial charge in [0.2, 0.25) is 0 Å². The van der Waals surface area contributed by atoms with Gasteiger partial charge >= 0.3 is 0 Å². The fraction of sp³-hybridized carbons (Fsp3) is 0.136. The Hall–Kier alpha value is -2.69. The number of hydrogen-bond donors (Lipinski definition) is 1. The van der Waals surface area contributed by atoms with Gasteiger partial charge in [-0.25, -0.2) is 0 Å². The van der Waals surface area contributed by atoms with Gasteiger partial charge in [0, 0.05) is 16.6 Å². The minimum Gasteiger partial charge on any atom is -0.489 e. The molecule has 0 atom stereocenters. The van der Waals surface area contributed by atoms with Crippen molar-refractivity contribution in [3.8, 4) is 11.5 Å². The lowest BCUT2D eigenvalue weighted by Crippen LogP contribution is -2.28. The Bertz CT molecular complexity index is 915.